The summed E-state index contributed by atoms with van der Waals surface area (Å²) in [5.74, 6) is 0. The van der Waals surface area contributed by atoms with Crippen molar-refractivity contribution < 1.29 is 0 Å². The molecule has 91 heavy (non-hydrogen) atoms. The van der Waals surface area contributed by atoms with E-state index in [2.05, 4.69) is 347 Å². The molecule has 0 amide bonds. The van der Waals surface area contributed by atoms with Crippen LogP contribution in [-0.2, 0) is 0 Å². The molecule has 0 spiro atoms. The molecular formula is C83H55B2N5S. The fourth-order valence-electron chi connectivity index (χ4n) is 15.6. The molecule has 8 heteroatoms. The molecule has 6 heterocycles. The highest BCUT2D eigenvalue weighted by atomic mass is 32.1. The molecule has 1 aromatic heterocycles. The normalized spacial score (nSPS) is 13.2. The van der Waals surface area contributed by atoms with Crippen molar-refractivity contribution >= 4 is 143 Å². The summed E-state index contributed by atoms with van der Waals surface area (Å²) >= 11 is 1.91. The molecule has 0 bridgehead atoms. The summed E-state index contributed by atoms with van der Waals surface area (Å²) in [4.78, 5) is 15.5. The molecule has 0 unspecified atom stereocenters. The van der Waals surface area contributed by atoms with Crippen molar-refractivity contribution in [1.82, 2.24) is 0 Å². The van der Waals surface area contributed by atoms with Gasteiger partial charge >= 0.3 is 0 Å². The van der Waals surface area contributed by atoms with Gasteiger partial charge in [0, 0.05) is 56.9 Å². The second kappa shape index (κ2) is 20.4. The fraction of sp³-hybridized carbons (Fsp3) is 0.0120. The van der Waals surface area contributed by atoms with Crippen LogP contribution in [0.3, 0.4) is 0 Å². The minimum absolute atomic E-state index is 0.132. The molecule has 14 aromatic rings. The zero-order valence-electron chi connectivity index (χ0n) is 49.8. The molecule has 5 aliphatic rings. The van der Waals surface area contributed by atoms with Gasteiger partial charge in [0.15, 0.2) is 0 Å². The van der Waals surface area contributed by atoms with E-state index in [-0.39, 0.29) is 13.4 Å². The summed E-state index contributed by atoms with van der Waals surface area (Å²) in [6.45, 7) is 2.00. The van der Waals surface area contributed by atoms with Gasteiger partial charge < -0.3 is 24.5 Å². The minimum Gasteiger partial charge on any atom is -0.311 e. The molecule has 19 rings (SSSR count). The van der Waals surface area contributed by atoms with Crippen LogP contribution < -0.4 is 57.3 Å². The van der Waals surface area contributed by atoms with Crippen LogP contribution in [0.25, 0.3) is 43.1 Å². The number of anilines is 15. The van der Waals surface area contributed by atoms with Gasteiger partial charge in [0.05, 0.1) is 38.2 Å². The van der Waals surface area contributed by atoms with Crippen LogP contribution in [0.5, 0.6) is 0 Å². The smallest absolute Gasteiger partial charge is 0.252 e. The molecule has 0 saturated heterocycles. The van der Waals surface area contributed by atoms with Gasteiger partial charge in [0.25, 0.3) is 13.4 Å². The van der Waals surface area contributed by atoms with Crippen molar-refractivity contribution in [3.05, 3.63) is 321 Å². The Kier molecular flexibility index (Phi) is 11.6. The minimum atomic E-state index is -0.167. The third kappa shape index (κ3) is 7.79. The lowest BCUT2D eigenvalue weighted by Crippen LogP contribution is -2.65. The van der Waals surface area contributed by atoms with Gasteiger partial charge in [-0.1, -0.05) is 231 Å². The van der Waals surface area contributed by atoms with Gasteiger partial charge in [0.2, 0.25) is 0 Å². The fourth-order valence-corrected chi connectivity index (χ4v) is 16.9. The van der Waals surface area contributed by atoms with E-state index in [0.717, 1.165) is 39.8 Å². The molecule has 0 aliphatic carbocycles. The SMILES string of the molecule is Cc1cc2c3c(c1)N1c4c(ccc5c4N(c4cc(N(c6ccccc6)c6ccccc6)cc6c4B5c4ccc(-c5ccccc5)cc4N6c4ccccc4)c4c(-c5ccccc5)sc(-c5ccccc5)c41)B3c1cc(-c3ccccc3)ccc1N2c1ccccc1. The van der Waals surface area contributed by atoms with Crippen LogP contribution in [0.1, 0.15) is 5.56 Å². The highest BCUT2D eigenvalue weighted by Crippen LogP contribution is 2.65. The number of benzene rings is 13. The van der Waals surface area contributed by atoms with Crippen LogP contribution >= 0.6 is 11.3 Å². The van der Waals surface area contributed by atoms with Crippen molar-refractivity contribution in [2.75, 3.05) is 24.5 Å². The second-order valence-electron chi connectivity index (χ2n) is 24.4. The summed E-state index contributed by atoms with van der Waals surface area (Å²) in [5.41, 5.74) is 33.4. The van der Waals surface area contributed by atoms with Crippen LogP contribution in [0.2, 0.25) is 0 Å². The topological polar surface area (TPSA) is 16.2 Å². The maximum Gasteiger partial charge on any atom is 0.252 e. The molecule has 0 fully saturated rings. The Balaban J connectivity index is 0.987. The Labute approximate surface area is 535 Å². The maximum atomic E-state index is 2.76. The van der Waals surface area contributed by atoms with E-state index in [0.29, 0.717) is 0 Å². The monoisotopic (exact) mass is 1180 g/mol. The van der Waals surface area contributed by atoms with Crippen molar-refractivity contribution in [1.29, 1.82) is 0 Å². The first-order chi connectivity index (χ1) is 45.1. The van der Waals surface area contributed by atoms with Gasteiger partial charge in [-0.2, -0.15) is 0 Å². The summed E-state index contributed by atoms with van der Waals surface area (Å²) in [5, 5.41) is 0. The van der Waals surface area contributed by atoms with Crippen molar-refractivity contribution in [2.45, 2.75) is 6.92 Å². The Bertz CT molecular complexity index is 5170. The molecule has 13 aromatic carbocycles. The van der Waals surface area contributed by atoms with Gasteiger partial charge in [-0.15, -0.1) is 11.3 Å². The Morgan fingerprint density at radius 3 is 1.13 bits per heavy atom. The lowest BCUT2D eigenvalue weighted by atomic mass is 9.30. The zero-order valence-corrected chi connectivity index (χ0v) is 50.6. The van der Waals surface area contributed by atoms with Crippen LogP contribution in [0.15, 0.2) is 315 Å². The predicted octanol–water partition coefficient (Wildman–Crippen LogP) is 18.7. The average Bonchev–Trinajstić information content (AvgIpc) is 1.65. The largest absolute Gasteiger partial charge is 0.311 e. The maximum absolute atomic E-state index is 2.76. The first-order valence-electron chi connectivity index (χ1n) is 31.5. The summed E-state index contributed by atoms with van der Waals surface area (Å²) in [6, 6.07) is 118. The molecule has 0 radical (unpaired) electrons. The van der Waals surface area contributed by atoms with E-state index in [1.807, 2.05) is 11.3 Å². The third-order valence-corrected chi connectivity index (χ3v) is 20.6. The summed E-state index contributed by atoms with van der Waals surface area (Å²) in [6.07, 6.45) is 0. The van der Waals surface area contributed by atoms with Gasteiger partial charge in [0.1, 0.15) is 0 Å². The van der Waals surface area contributed by atoms with Crippen LogP contribution in [0, 0.1) is 6.92 Å². The number of rotatable bonds is 9. The molecule has 5 aliphatic heterocycles. The van der Waals surface area contributed by atoms with E-state index in [9.17, 15) is 0 Å². The third-order valence-electron chi connectivity index (χ3n) is 19.3. The Morgan fingerprint density at radius 1 is 0.264 bits per heavy atom. The number of hydrogen-bond acceptors (Lipinski definition) is 6. The van der Waals surface area contributed by atoms with E-state index >= 15 is 0 Å². The number of nitrogens with zero attached hydrogens (tertiary/aromatic N) is 5. The number of para-hydroxylation sites is 4. The first kappa shape index (κ1) is 51.7. The van der Waals surface area contributed by atoms with E-state index in [1.54, 1.807) is 0 Å². The molecule has 0 saturated carbocycles. The Morgan fingerprint density at radius 2 is 0.637 bits per heavy atom. The summed E-state index contributed by atoms with van der Waals surface area (Å²) < 4.78 is 0. The molecule has 5 nitrogen and oxygen atoms in total. The standard InChI is InChI=1S/C83H55B2N5S/c1-54-48-72-76-73(49-54)89-79-68(85(76)69-50-59(55-26-10-2-11-27-55)43-47-70(69)87(72)63-38-22-8-23-39-63)46-45-67-78(79)90(81-80(89)82(57-30-14-4-15-31-57)91-83(81)58-32-16-5-17-33-58)75-53-65(86(61-34-18-6-19-35-61)62-36-20-7-21-37-62)52-74-77(75)84(67)66-44-42-60(56-28-12-3-13-29-56)51-71(66)88(74)64-40-24-9-25-41-64/h2-53H,1H3. The molecule has 424 valence electrons. The Hall–Kier alpha value is -11.3. The first-order valence-corrected chi connectivity index (χ1v) is 32.3. The molecular weight excluding hydrogens is 1120 g/mol. The quantitative estimate of drug-likeness (QED) is 0.134. The van der Waals surface area contributed by atoms with E-state index in [4.69, 9.17) is 0 Å². The lowest BCUT2D eigenvalue weighted by Gasteiger charge is -2.52. The highest BCUT2D eigenvalue weighted by Gasteiger charge is 2.54. The van der Waals surface area contributed by atoms with Crippen molar-refractivity contribution in [2.24, 2.45) is 0 Å². The predicted molar refractivity (Wildman–Crippen MR) is 387 cm³/mol. The van der Waals surface area contributed by atoms with Gasteiger partial charge in [-0.25, -0.2) is 0 Å². The second-order valence-corrected chi connectivity index (χ2v) is 25.4. The highest BCUT2D eigenvalue weighted by molar-refractivity contribution is 7.20. The van der Waals surface area contributed by atoms with Crippen molar-refractivity contribution in [3.8, 4) is 43.1 Å². The van der Waals surface area contributed by atoms with Crippen molar-refractivity contribution in [3.63, 3.8) is 0 Å². The number of thiophene rings is 1. The summed E-state index contributed by atoms with van der Waals surface area (Å²) in [7, 11) is 0. The van der Waals surface area contributed by atoms with E-state index < -0.39 is 0 Å². The molecule has 0 N–H and O–H groups in total. The lowest BCUT2D eigenvalue weighted by molar-refractivity contribution is 1.17. The van der Waals surface area contributed by atoms with Crippen LogP contribution in [-0.4, -0.2) is 13.4 Å². The molecule has 0 atom stereocenters. The van der Waals surface area contributed by atoms with Gasteiger partial charge in [-0.05, 0) is 164 Å². The van der Waals surface area contributed by atoms with E-state index in [1.165, 1.54) is 127 Å². The number of fused-ring (bicyclic) bond motifs is 11. The number of hydrogen-bond donors (Lipinski definition) is 0. The van der Waals surface area contributed by atoms with Gasteiger partial charge in [-0.3, -0.25) is 0 Å². The average molecular weight is 1180 g/mol. The van der Waals surface area contributed by atoms with Crippen LogP contribution in [0.4, 0.5) is 85.3 Å². The number of aryl methyl sites for hydroxylation is 1. The zero-order chi connectivity index (χ0) is 59.8.